The van der Waals surface area contributed by atoms with E-state index in [0.717, 1.165) is 8.61 Å². The molecule has 0 unspecified atom stereocenters. The zero-order chi connectivity index (χ0) is 15.8. The van der Waals surface area contributed by atoms with Crippen LogP contribution in [0.15, 0.2) is 0 Å². The summed E-state index contributed by atoms with van der Waals surface area (Å²) in [7, 11) is -2.59. The summed E-state index contributed by atoms with van der Waals surface area (Å²) in [5, 5.41) is 8.58. The standard InChI is InChI=1S/C11H22N2O6S/c1-4-7-13(9-11(16)19-5-2)20(17,18)12(3)8-6-10(14)15/h4-9H2,1-3H3,(H,14,15). The highest BCUT2D eigenvalue weighted by atomic mass is 32.2. The Morgan fingerprint density at radius 3 is 2.25 bits per heavy atom. The largest absolute Gasteiger partial charge is 0.481 e. The smallest absolute Gasteiger partial charge is 0.321 e. The van der Waals surface area contributed by atoms with Crippen molar-refractivity contribution in [1.82, 2.24) is 8.61 Å². The molecule has 0 aromatic rings. The van der Waals surface area contributed by atoms with E-state index in [1.54, 1.807) is 13.8 Å². The molecule has 0 rings (SSSR count). The second kappa shape index (κ2) is 8.88. The number of hydrogen-bond donors (Lipinski definition) is 1. The topological polar surface area (TPSA) is 104 Å². The van der Waals surface area contributed by atoms with Crippen LogP contribution in [-0.4, -0.2) is 67.4 Å². The third-order valence-electron chi connectivity index (χ3n) is 2.44. The molecule has 0 bridgehead atoms. The van der Waals surface area contributed by atoms with Crippen LogP contribution in [0.3, 0.4) is 0 Å². The minimum absolute atomic E-state index is 0.152. The lowest BCUT2D eigenvalue weighted by Gasteiger charge is -2.26. The first-order valence-electron chi connectivity index (χ1n) is 6.34. The minimum atomic E-state index is -3.87. The summed E-state index contributed by atoms with van der Waals surface area (Å²) < 4.78 is 31.1. The Bertz CT molecular complexity index is 423. The Labute approximate surface area is 119 Å². The second-order valence-electron chi connectivity index (χ2n) is 4.11. The molecule has 0 radical (unpaired) electrons. The van der Waals surface area contributed by atoms with Gasteiger partial charge in [0.2, 0.25) is 0 Å². The van der Waals surface area contributed by atoms with Crippen molar-refractivity contribution in [1.29, 1.82) is 0 Å². The minimum Gasteiger partial charge on any atom is -0.481 e. The Morgan fingerprint density at radius 2 is 1.80 bits per heavy atom. The van der Waals surface area contributed by atoms with E-state index in [4.69, 9.17) is 9.84 Å². The first-order chi connectivity index (χ1) is 9.25. The van der Waals surface area contributed by atoms with Crippen LogP contribution in [0.2, 0.25) is 0 Å². The van der Waals surface area contributed by atoms with Gasteiger partial charge < -0.3 is 9.84 Å². The fraction of sp³-hybridized carbons (Fsp3) is 0.818. The van der Waals surface area contributed by atoms with E-state index in [1.807, 2.05) is 0 Å². The van der Waals surface area contributed by atoms with E-state index in [1.165, 1.54) is 7.05 Å². The third-order valence-corrected chi connectivity index (χ3v) is 4.38. The van der Waals surface area contributed by atoms with E-state index in [2.05, 4.69) is 0 Å². The first-order valence-corrected chi connectivity index (χ1v) is 7.74. The summed E-state index contributed by atoms with van der Waals surface area (Å²) in [6.45, 7) is 3.23. The maximum Gasteiger partial charge on any atom is 0.321 e. The summed E-state index contributed by atoms with van der Waals surface area (Å²) in [5.74, 6) is -1.71. The third kappa shape index (κ3) is 6.31. The van der Waals surface area contributed by atoms with E-state index in [9.17, 15) is 18.0 Å². The lowest BCUT2D eigenvalue weighted by Crippen LogP contribution is -2.45. The Kier molecular flexibility index (Phi) is 8.35. The van der Waals surface area contributed by atoms with Crippen LogP contribution in [0.1, 0.15) is 26.7 Å². The van der Waals surface area contributed by atoms with Gasteiger partial charge in [-0.1, -0.05) is 6.92 Å². The number of carboxylic acid groups (broad SMARTS) is 1. The predicted octanol–water partition coefficient (Wildman–Crippen LogP) is -0.0872. The maximum absolute atomic E-state index is 12.2. The predicted molar refractivity (Wildman–Crippen MR) is 72.3 cm³/mol. The van der Waals surface area contributed by atoms with Crippen LogP contribution in [0, 0.1) is 0 Å². The molecule has 0 amide bonds. The molecule has 20 heavy (non-hydrogen) atoms. The van der Waals surface area contributed by atoms with Gasteiger partial charge in [-0.25, -0.2) is 0 Å². The average Bonchev–Trinajstić information content (AvgIpc) is 2.35. The first kappa shape index (κ1) is 18.8. The Balaban J connectivity index is 4.85. The van der Waals surface area contributed by atoms with Crippen molar-refractivity contribution >= 4 is 22.1 Å². The monoisotopic (exact) mass is 310 g/mol. The summed E-state index contributed by atoms with van der Waals surface area (Å²) in [5.41, 5.74) is 0. The zero-order valence-corrected chi connectivity index (χ0v) is 12.9. The fourth-order valence-electron chi connectivity index (χ4n) is 1.44. The molecule has 0 saturated heterocycles. The second-order valence-corrected chi connectivity index (χ2v) is 6.15. The highest BCUT2D eigenvalue weighted by Gasteiger charge is 2.28. The van der Waals surface area contributed by atoms with Crippen LogP contribution in [0.5, 0.6) is 0 Å². The van der Waals surface area contributed by atoms with Gasteiger partial charge >= 0.3 is 11.9 Å². The molecule has 0 atom stereocenters. The van der Waals surface area contributed by atoms with Crippen LogP contribution < -0.4 is 0 Å². The molecule has 0 fully saturated rings. The van der Waals surface area contributed by atoms with Crippen molar-refractivity contribution in [2.24, 2.45) is 0 Å². The van der Waals surface area contributed by atoms with Crippen molar-refractivity contribution in [3.63, 3.8) is 0 Å². The molecule has 0 aliphatic heterocycles. The lowest BCUT2D eigenvalue weighted by atomic mass is 10.4. The summed E-state index contributed by atoms with van der Waals surface area (Å²) >= 11 is 0. The maximum atomic E-state index is 12.2. The highest BCUT2D eigenvalue weighted by molar-refractivity contribution is 7.86. The molecule has 8 nitrogen and oxygen atoms in total. The molecule has 0 aliphatic rings. The van der Waals surface area contributed by atoms with Crippen LogP contribution in [0.25, 0.3) is 0 Å². The number of carbonyl (C=O) groups is 2. The van der Waals surface area contributed by atoms with Crippen molar-refractivity contribution in [2.75, 3.05) is 33.3 Å². The number of esters is 1. The number of hydrogen-bond acceptors (Lipinski definition) is 5. The molecule has 0 saturated carbocycles. The van der Waals surface area contributed by atoms with Crippen LogP contribution >= 0.6 is 0 Å². The molecular weight excluding hydrogens is 288 g/mol. The van der Waals surface area contributed by atoms with Gasteiger partial charge in [0.15, 0.2) is 0 Å². The van der Waals surface area contributed by atoms with Gasteiger partial charge in [0, 0.05) is 20.1 Å². The number of rotatable bonds is 10. The van der Waals surface area contributed by atoms with E-state index >= 15 is 0 Å². The van der Waals surface area contributed by atoms with Gasteiger partial charge in [-0.2, -0.15) is 17.0 Å². The molecule has 0 spiro atoms. The number of carboxylic acids is 1. The van der Waals surface area contributed by atoms with Gasteiger partial charge in [-0.05, 0) is 13.3 Å². The van der Waals surface area contributed by atoms with Gasteiger partial charge in [0.25, 0.3) is 10.2 Å². The Morgan fingerprint density at radius 1 is 1.20 bits per heavy atom. The normalized spacial score (nSPS) is 11.8. The quantitative estimate of drug-likeness (QED) is 0.566. The molecule has 9 heteroatoms. The van der Waals surface area contributed by atoms with Crippen molar-refractivity contribution in [3.05, 3.63) is 0 Å². The summed E-state index contributed by atoms with van der Waals surface area (Å²) in [6, 6.07) is 0. The highest BCUT2D eigenvalue weighted by Crippen LogP contribution is 2.08. The number of ether oxygens (including phenoxy) is 1. The van der Waals surface area contributed by atoms with Crippen molar-refractivity contribution < 1.29 is 27.9 Å². The molecule has 0 aromatic heterocycles. The molecule has 0 aliphatic carbocycles. The average molecular weight is 310 g/mol. The number of nitrogens with zero attached hydrogens (tertiary/aromatic N) is 2. The van der Waals surface area contributed by atoms with E-state index in [-0.39, 0.29) is 32.7 Å². The van der Waals surface area contributed by atoms with Gasteiger partial charge in [-0.15, -0.1) is 0 Å². The van der Waals surface area contributed by atoms with Crippen LogP contribution in [0.4, 0.5) is 0 Å². The lowest BCUT2D eigenvalue weighted by molar-refractivity contribution is -0.143. The molecular formula is C11H22N2O6S. The van der Waals surface area contributed by atoms with E-state index in [0.29, 0.717) is 6.42 Å². The van der Waals surface area contributed by atoms with Crippen molar-refractivity contribution in [3.8, 4) is 0 Å². The Hall–Kier alpha value is -1.19. The van der Waals surface area contributed by atoms with Crippen LogP contribution in [-0.2, 0) is 24.5 Å². The van der Waals surface area contributed by atoms with Gasteiger partial charge in [0.1, 0.15) is 6.54 Å². The van der Waals surface area contributed by atoms with Gasteiger partial charge in [0.05, 0.1) is 13.0 Å². The molecule has 1 N–H and O–H groups in total. The molecule has 118 valence electrons. The van der Waals surface area contributed by atoms with E-state index < -0.39 is 22.1 Å². The fourth-order valence-corrected chi connectivity index (χ4v) is 2.84. The molecule has 0 heterocycles. The number of carbonyl (C=O) groups excluding carboxylic acids is 1. The summed E-state index contributed by atoms with van der Waals surface area (Å²) in [6.07, 6.45) is 0.237. The molecule has 0 aromatic carbocycles. The SMILES string of the molecule is CCCN(CC(=O)OCC)S(=O)(=O)N(C)CCC(=O)O. The summed E-state index contributed by atoms with van der Waals surface area (Å²) in [4.78, 5) is 21.9. The van der Waals surface area contributed by atoms with Crippen molar-refractivity contribution in [2.45, 2.75) is 26.7 Å². The van der Waals surface area contributed by atoms with Gasteiger partial charge in [-0.3, -0.25) is 9.59 Å². The zero-order valence-electron chi connectivity index (χ0n) is 12.0. The number of aliphatic carboxylic acids is 1.